The van der Waals surface area contributed by atoms with Crippen LogP contribution < -0.4 is 0 Å². The maximum atomic E-state index is 4.76. The number of rotatable bonds is 12. The molecule has 5 rings (SSSR count). The summed E-state index contributed by atoms with van der Waals surface area (Å²) in [6, 6.07) is 31.8. The summed E-state index contributed by atoms with van der Waals surface area (Å²) in [5.74, 6) is 0. The van der Waals surface area contributed by atoms with Gasteiger partial charge in [-0.15, -0.1) is 0 Å². The van der Waals surface area contributed by atoms with E-state index in [2.05, 4.69) is 116 Å². The molecule has 232 valence electrons. The summed E-state index contributed by atoms with van der Waals surface area (Å²) in [6.45, 7) is 14.4. The molecule has 5 aromatic rings. The third kappa shape index (κ3) is 7.54. The highest BCUT2D eigenvalue weighted by molar-refractivity contribution is 6.17. The zero-order valence-corrected chi connectivity index (χ0v) is 27.5. The first-order valence-electron chi connectivity index (χ1n) is 15.9. The number of hydrogen-bond donors (Lipinski definition) is 0. The van der Waals surface area contributed by atoms with Crippen molar-refractivity contribution >= 4 is 45.6 Å². The third-order valence-electron chi connectivity index (χ3n) is 8.05. The molecule has 0 saturated carbocycles. The van der Waals surface area contributed by atoms with Crippen LogP contribution in [0.15, 0.2) is 175 Å². The first kappa shape index (κ1) is 32.6. The quantitative estimate of drug-likeness (QED) is 0.0992. The highest BCUT2D eigenvalue weighted by atomic mass is 15.0. The van der Waals surface area contributed by atoms with Crippen molar-refractivity contribution in [3.63, 3.8) is 0 Å². The molecule has 1 heterocycles. The minimum absolute atomic E-state index is 0.611. The molecule has 0 bridgehead atoms. The molecule has 3 heteroatoms. The molecular weight excluding hydrogens is 571 g/mol. The second kappa shape index (κ2) is 16.0. The first-order chi connectivity index (χ1) is 23.1. The van der Waals surface area contributed by atoms with Gasteiger partial charge in [-0.05, 0) is 86.2 Å². The number of aryl methyl sites for hydroxylation is 2. The van der Waals surface area contributed by atoms with Crippen LogP contribution in [0.5, 0.6) is 0 Å². The number of fused-ring (bicyclic) bond motifs is 3. The van der Waals surface area contributed by atoms with Crippen LogP contribution in [-0.2, 0) is 0 Å². The number of nitrogens with zero attached hydrogens (tertiary/aromatic N) is 3. The molecule has 0 aliphatic rings. The summed E-state index contributed by atoms with van der Waals surface area (Å²) in [7, 11) is 0. The molecule has 3 nitrogen and oxygen atoms in total. The van der Waals surface area contributed by atoms with Gasteiger partial charge in [0.2, 0.25) is 0 Å². The van der Waals surface area contributed by atoms with Gasteiger partial charge >= 0.3 is 0 Å². The number of para-hydroxylation sites is 1. The standard InChI is InChI=1S/C44H41N3/c1-6-8-9-10-20-31-46-36(32-40(45-5)35-22-12-11-13-23-35)24-15-16-25-37(7-2)47-41-28-19-18-27-39(41)44-42(47)30-29-34(4)43(44)38-26-17-14-21-33(38)3/h6-23,25-32H,2,5,24H2,1,3-4H3/b8-6+,10-9-,16-15-,31-20-,37-25+,40-32-,46-36+. The van der Waals surface area contributed by atoms with Gasteiger partial charge in [-0.1, -0.05) is 122 Å². The predicted octanol–water partition coefficient (Wildman–Crippen LogP) is 11.9. The lowest BCUT2D eigenvalue weighted by Gasteiger charge is -2.13. The van der Waals surface area contributed by atoms with Gasteiger partial charge in [-0.3, -0.25) is 9.98 Å². The van der Waals surface area contributed by atoms with Crippen LogP contribution >= 0.6 is 0 Å². The second-order valence-electron chi connectivity index (χ2n) is 11.2. The summed E-state index contributed by atoms with van der Waals surface area (Å²) < 4.78 is 2.31. The second-order valence-corrected chi connectivity index (χ2v) is 11.2. The molecule has 0 atom stereocenters. The van der Waals surface area contributed by atoms with Gasteiger partial charge in [0.15, 0.2) is 0 Å². The minimum atomic E-state index is 0.611. The summed E-state index contributed by atoms with van der Waals surface area (Å²) in [5, 5.41) is 2.48. The summed E-state index contributed by atoms with van der Waals surface area (Å²) in [6.07, 6.45) is 22.5. The van der Waals surface area contributed by atoms with Gasteiger partial charge in [-0.2, -0.15) is 0 Å². The molecular formula is C44H41N3. The number of aliphatic imine (C=N–C) groups is 2. The van der Waals surface area contributed by atoms with E-state index in [1.165, 1.54) is 33.0 Å². The fraction of sp³-hybridized carbons (Fsp3) is 0.0909. The Bertz CT molecular complexity index is 2110. The van der Waals surface area contributed by atoms with E-state index in [-0.39, 0.29) is 0 Å². The molecule has 0 unspecified atom stereocenters. The van der Waals surface area contributed by atoms with Crippen molar-refractivity contribution in [2.75, 3.05) is 0 Å². The Morgan fingerprint density at radius 2 is 1.51 bits per heavy atom. The zero-order valence-electron chi connectivity index (χ0n) is 27.5. The third-order valence-corrected chi connectivity index (χ3v) is 8.05. The molecule has 0 amide bonds. The Morgan fingerprint density at radius 3 is 2.28 bits per heavy atom. The number of allylic oxidation sites excluding steroid dienone is 11. The van der Waals surface area contributed by atoms with Gasteiger partial charge in [0.1, 0.15) is 0 Å². The van der Waals surface area contributed by atoms with E-state index in [9.17, 15) is 0 Å². The molecule has 0 aliphatic carbocycles. The first-order valence-corrected chi connectivity index (χ1v) is 15.9. The topological polar surface area (TPSA) is 29.6 Å². The van der Waals surface area contributed by atoms with Gasteiger partial charge < -0.3 is 4.57 Å². The minimum Gasteiger partial charge on any atom is -0.309 e. The molecule has 1 aromatic heterocycles. The van der Waals surface area contributed by atoms with Crippen molar-refractivity contribution in [3.8, 4) is 11.1 Å². The van der Waals surface area contributed by atoms with Crippen LogP contribution in [0.2, 0.25) is 0 Å². The van der Waals surface area contributed by atoms with Crippen molar-refractivity contribution < 1.29 is 0 Å². The lowest BCUT2D eigenvalue weighted by molar-refractivity contribution is 1.24. The van der Waals surface area contributed by atoms with Gasteiger partial charge in [0.25, 0.3) is 0 Å². The Balaban J connectivity index is 1.54. The van der Waals surface area contributed by atoms with E-state index in [4.69, 9.17) is 4.99 Å². The predicted molar refractivity (Wildman–Crippen MR) is 207 cm³/mol. The van der Waals surface area contributed by atoms with Crippen LogP contribution in [-0.4, -0.2) is 17.0 Å². The van der Waals surface area contributed by atoms with Crippen molar-refractivity contribution in [3.05, 3.63) is 181 Å². The Morgan fingerprint density at radius 1 is 0.766 bits per heavy atom. The Kier molecular flexibility index (Phi) is 11.1. The van der Waals surface area contributed by atoms with Crippen LogP contribution in [0.4, 0.5) is 0 Å². The van der Waals surface area contributed by atoms with Crippen molar-refractivity contribution in [2.45, 2.75) is 27.2 Å². The zero-order chi connectivity index (χ0) is 33.0. The van der Waals surface area contributed by atoms with Crippen LogP contribution in [0.3, 0.4) is 0 Å². The van der Waals surface area contributed by atoms with Crippen molar-refractivity contribution in [2.24, 2.45) is 9.98 Å². The van der Waals surface area contributed by atoms with Gasteiger partial charge in [-0.25, -0.2) is 0 Å². The SMILES string of the molecule is C=C/C(=C\C=C/CC(/C=C(\N=C)c1ccccc1)=N\C=C/C=C\C=C\C)n1c2ccccc2c2c(-c3ccccc3C)c(C)ccc21. The maximum Gasteiger partial charge on any atom is 0.0712 e. The number of aromatic nitrogens is 1. The molecule has 0 fully saturated rings. The summed E-state index contributed by atoms with van der Waals surface area (Å²) >= 11 is 0. The Labute approximate surface area is 279 Å². The maximum absolute atomic E-state index is 4.76. The number of benzene rings is 4. The van der Waals surface area contributed by atoms with Crippen LogP contribution in [0.25, 0.3) is 44.3 Å². The van der Waals surface area contributed by atoms with E-state index in [1.54, 1.807) is 0 Å². The lowest BCUT2D eigenvalue weighted by Crippen LogP contribution is -1.95. The Hall–Kier alpha value is -5.80. The summed E-state index contributed by atoms with van der Waals surface area (Å²) in [5.41, 5.74) is 11.0. The highest BCUT2D eigenvalue weighted by Crippen LogP contribution is 2.41. The molecule has 0 spiro atoms. The van der Waals surface area contributed by atoms with E-state index in [0.717, 1.165) is 33.7 Å². The van der Waals surface area contributed by atoms with Crippen LogP contribution in [0.1, 0.15) is 30.0 Å². The largest absolute Gasteiger partial charge is 0.309 e. The average Bonchev–Trinajstić information content (AvgIpc) is 3.43. The van der Waals surface area contributed by atoms with E-state index >= 15 is 0 Å². The van der Waals surface area contributed by atoms with E-state index < -0.39 is 0 Å². The van der Waals surface area contributed by atoms with Gasteiger partial charge in [0.05, 0.1) is 16.7 Å². The van der Waals surface area contributed by atoms with Crippen LogP contribution in [0, 0.1) is 13.8 Å². The van der Waals surface area contributed by atoms with Crippen molar-refractivity contribution in [1.82, 2.24) is 4.57 Å². The monoisotopic (exact) mass is 611 g/mol. The smallest absolute Gasteiger partial charge is 0.0712 e. The highest BCUT2D eigenvalue weighted by Gasteiger charge is 2.18. The lowest BCUT2D eigenvalue weighted by atomic mass is 9.92. The average molecular weight is 612 g/mol. The fourth-order valence-electron chi connectivity index (χ4n) is 5.80. The normalized spacial score (nSPS) is 13.3. The van der Waals surface area contributed by atoms with E-state index in [0.29, 0.717) is 6.42 Å². The molecule has 0 aliphatic heterocycles. The number of hydrogen-bond acceptors (Lipinski definition) is 2. The molecule has 0 N–H and O–H groups in total. The summed E-state index contributed by atoms with van der Waals surface area (Å²) in [4.78, 5) is 9.06. The molecule has 47 heavy (non-hydrogen) atoms. The van der Waals surface area contributed by atoms with E-state index in [1.807, 2.05) is 86.0 Å². The van der Waals surface area contributed by atoms with Crippen molar-refractivity contribution in [1.29, 1.82) is 0 Å². The molecule has 0 saturated heterocycles. The van der Waals surface area contributed by atoms with Gasteiger partial charge in [0, 0.05) is 40.4 Å². The molecule has 4 aromatic carbocycles. The fourth-order valence-corrected chi connectivity index (χ4v) is 5.80. The molecule has 0 radical (unpaired) electrons.